The SMILES string of the molecule is O=C(CSc1nc2ccccc2c(=O)n1CC1CCCO1)Nc1ccccc1Cc1ccccc1. The number of para-hydroxylation sites is 2. The van der Waals surface area contributed by atoms with Gasteiger partial charge in [-0.15, -0.1) is 0 Å². The fourth-order valence-corrected chi connectivity index (χ4v) is 5.15. The zero-order chi connectivity index (χ0) is 24.0. The van der Waals surface area contributed by atoms with Crippen LogP contribution in [-0.4, -0.2) is 33.9 Å². The molecule has 1 aliphatic heterocycles. The molecular weight excluding hydrogens is 458 g/mol. The van der Waals surface area contributed by atoms with Gasteiger partial charge in [0.25, 0.3) is 5.56 Å². The van der Waals surface area contributed by atoms with E-state index in [1.165, 1.54) is 17.3 Å². The third kappa shape index (κ3) is 5.63. The lowest BCUT2D eigenvalue weighted by molar-refractivity contribution is -0.113. The van der Waals surface area contributed by atoms with Gasteiger partial charge in [-0.1, -0.05) is 72.4 Å². The van der Waals surface area contributed by atoms with Gasteiger partial charge >= 0.3 is 0 Å². The highest BCUT2D eigenvalue weighted by Gasteiger charge is 2.21. The Bertz CT molecular complexity index is 1380. The van der Waals surface area contributed by atoms with Gasteiger partial charge in [-0.05, 0) is 48.6 Å². The minimum atomic E-state index is -0.137. The quantitative estimate of drug-likeness (QED) is 0.284. The maximum Gasteiger partial charge on any atom is 0.262 e. The molecule has 0 aliphatic carbocycles. The molecule has 6 nitrogen and oxygen atoms in total. The van der Waals surface area contributed by atoms with Crippen molar-refractivity contribution in [2.24, 2.45) is 0 Å². The van der Waals surface area contributed by atoms with E-state index in [0.717, 1.165) is 30.5 Å². The van der Waals surface area contributed by atoms with Crippen molar-refractivity contribution in [2.75, 3.05) is 17.7 Å². The second-order valence-corrected chi connectivity index (χ2v) is 9.56. The van der Waals surface area contributed by atoms with Gasteiger partial charge in [0.2, 0.25) is 5.91 Å². The summed E-state index contributed by atoms with van der Waals surface area (Å²) in [4.78, 5) is 30.9. The molecule has 178 valence electrons. The molecule has 1 unspecified atom stereocenters. The van der Waals surface area contributed by atoms with Gasteiger partial charge in [0.15, 0.2) is 5.16 Å². The standard InChI is InChI=1S/C28H27N3O3S/c32-26(29-24-14-6-4-11-21(24)17-20-9-2-1-3-10-20)19-35-28-30-25-15-7-5-13-23(25)27(33)31(28)18-22-12-8-16-34-22/h1-7,9-11,13-15,22H,8,12,16-19H2,(H,29,32). The number of hydrogen-bond donors (Lipinski definition) is 1. The van der Waals surface area contributed by atoms with E-state index in [-0.39, 0.29) is 23.3 Å². The van der Waals surface area contributed by atoms with Crippen LogP contribution >= 0.6 is 11.8 Å². The Labute approximate surface area is 208 Å². The molecule has 3 aromatic carbocycles. The minimum absolute atomic E-state index is 0.00583. The number of rotatable bonds is 8. The van der Waals surface area contributed by atoms with Crippen LogP contribution in [0, 0.1) is 0 Å². The van der Waals surface area contributed by atoms with Crippen molar-refractivity contribution < 1.29 is 9.53 Å². The van der Waals surface area contributed by atoms with Crippen molar-refractivity contribution in [2.45, 2.75) is 37.1 Å². The Balaban J connectivity index is 1.33. The van der Waals surface area contributed by atoms with E-state index in [1.807, 2.05) is 60.7 Å². The molecule has 1 atom stereocenters. The Hall–Kier alpha value is -3.42. The molecule has 0 bridgehead atoms. The van der Waals surface area contributed by atoms with E-state index in [4.69, 9.17) is 9.72 Å². The number of carbonyl (C=O) groups excluding carboxylic acids is 1. The van der Waals surface area contributed by atoms with E-state index in [9.17, 15) is 9.59 Å². The van der Waals surface area contributed by atoms with Crippen LogP contribution in [0.3, 0.4) is 0 Å². The predicted molar refractivity (Wildman–Crippen MR) is 140 cm³/mol. The molecule has 5 rings (SSSR count). The highest BCUT2D eigenvalue weighted by Crippen LogP contribution is 2.23. The van der Waals surface area contributed by atoms with Gasteiger partial charge < -0.3 is 10.1 Å². The van der Waals surface area contributed by atoms with E-state index in [2.05, 4.69) is 17.4 Å². The molecule has 1 fully saturated rings. The number of benzene rings is 3. The van der Waals surface area contributed by atoms with E-state index < -0.39 is 0 Å². The maximum absolute atomic E-state index is 13.2. The van der Waals surface area contributed by atoms with Crippen LogP contribution in [0.1, 0.15) is 24.0 Å². The lowest BCUT2D eigenvalue weighted by atomic mass is 10.0. The number of thioether (sulfide) groups is 1. The predicted octanol–water partition coefficient (Wildman–Crippen LogP) is 4.90. The molecule has 1 amide bonds. The molecule has 0 saturated carbocycles. The second-order valence-electron chi connectivity index (χ2n) is 8.62. The Morgan fingerprint density at radius 1 is 1.03 bits per heavy atom. The number of anilines is 1. The highest BCUT2D eigenvalue weighted by atomic mass is 32.2. The van der Waals surface area contributed by atoms with Crippen LogP contribution < -0.4 is 10.9 Å². The molecule has 7 heteroatoms. The number of carbonyl (C=O) groups is 1. The summed E-state index contributed by atoms with van der Waals surface area (Å²) in [5.41, 5.74) is 3.57. The van der Waals surface area contributed by atoms with E-state index >= 15 is 0 Å². The average molecular weight is 486 g/mol. The lowest BCUT2D eigenvalue weighted by Crippen LogP contribution is -2.29. The first kappa shape index (κ1) is 23.3. The molecule has 1 aromatic heterocycles. The zero-order valence-electron chi connectivity index (χ0n) is 19.4. The summed E-state index contributed by atoms with van der Waals surface area (Å²) in [6.45, 7) is 1.16. The first-order valence-electron chi connectivity index (χ1n) is 11.8. The monoisotopic (exact) mass is 485 g/mol. The van der Waals surface area contributed by atoms with Crippen molar-refractivity contribution in [1.29, 1.82) is 0 Å². The van der Waals surface area contributed by atoms with Crippen LogP contribution in [0.25, 0.3) is 10.9 Å². The molecule has 2 heterocycles. The van der Waals surface area contributed by atoms with Gasteiger partial charge in [0, 0.05) is 12.3 Å². The van der Waals surface area contributed by atoms with Gasteiger partial charge in [0.05, 0.1) is 29.3 Å². The van der Waals surface area contributed by atoms with Gasteiger partial charge in [-0.2, -0.15) is 0 Å². The van der Waals surface area contributed by atoms with E-state index in [0.29, 0.717) is 29.2 Å². The van der Waals surface area contributed by atoms with E-state index in [1.54, 1.807) is 10.6 Å². The highest BCUT2D eigenvalue weighted by molar-refractivity contribution is 7.99. The lowest BCUT2D eigenvalue weighted by Gasteiger charge is -2.16. The van der Waals surface area contributed by atoms with Crippen molar-refractivity contribution in [3.8, 4) is 0 Å². The molecular formula is C28H27N3O3S. The molecule has 0 radical (unpaired) electrons. The zero-order valence-corrected chi connectivity index (χ0v) is 20.2. The minimum Gasteiger partial charge on any atom is -0.376 e. The smallest absolute Gasteiger partial charge is 0.262 e. The van der Waals surface area contributed by atoms with Gasteiger partial charge in [0.1, 0.15) is 0 Å². The van der Waals surface area contributed by atoms with Crippen molar-refractivity contribution >= 4 is 34.3 Å². The van der Waals surface area contributed by atoms with Crippen LogP contribution in [0.15, 0.2) is 88.8 Å². The Kier molecular flexibility index (Phi) is 7.25. The summed E-state index contributed by atoms with van der Waals surface area (Å²) in [6.07, 6.45) is 2.64. The van der Waals surface area contributed by atoms with Gasteiger partial charge in [-0.25, -0.2) is 4.98 Å². The summed E-state index contributed by atoms with van der Waals surface area (Å²) in [5.74, 6) is 0.0114. The number of nitrogens with zero attached hydrogens (tertiary/aromatic N) is 2. The third-order valence-electron chi connectivity index (χ3n) is 6.10. The number of amides is 1. The van der Waals surface area contributed by atoms with Crippen LogP contribution in [0.4, 0.5) is 5.69 Å². The van der Waals surface area contributed by atoms with Crippen molar-refractivity contribution in [3.05, 3.63) is 100 Å². The van der Waals surface area contributed by atoms with Crippen LogP contribution in [0.5, 0.6) is 0 Å². The first-order valence-corrected chi connectivity index (χ1v) is 12.8. The Morgan fingerprint density at radius 2 is 1.80 bits per heavy atom. The number of ether oxygens (including phenoxy) is 1. The third-order valence-corrected chi connectivity index (χ3v) is 7.07. The normalized spacial score (nSPS) is 15.4. The molecule has 0 spiro atoms. The summed E-state index contributed by atoms with van der Waals surface area (Å²) in [6, 6.07) is 25.3. The summed E-state index contributed by atoms with van der Waals surface area (Å²) in [5, 5.41) is 4.16. The molecule has 35 heavy (non-hydrogen) atoms. The number of fused-ring (bicyclic) bond motifs is 1. The van der Waals surface area contributed by atoms with Crippen LogP contribution in [-0.2, 0) is 22.5 Å². The fraction of sp³-hybridized carbons (Fsp3) is 0.250. The summed E-state index contributed by atoms with van der Waals surface area (Å²) < 4.78 is 7.44. The second kappa shape index (κ2) is 10.9. The largest absolute Gasteiger partial charge is 0.376 e. The molecule has 1 aliphatic rings. The molecule has 1 N–H and O–H groups in total. The number of aromatic nitrogens is 2. The van der Waals surface area contributed by atoms with Crippen molar-refractivity contribution in [3.63, 3.8) is 0 Å². The molecule has 4 aromatic rings. The first-order chi connectivity index (χ1) is 17.2. The topological polar surface area (TPSA) is 73.2 Å². The van der Waals surface area contributed by atoms with Crippen LogP contribution in [0.2, 0.25) is 0 Å². The molecule has 1 saturated heterocycles. The van der Waals surface area contributed by atoms with Crippen molar-refractivity contribution in [1.82, 2.24) is 9.55 Å². The Morgan fingerprint density at radius 3 is 2.63 bits per heavy atom. The summed E-state index contributed by atoms with van der Waals surface area (Å²) >= 11 is 1.28. The fourth-order valence-electron chi connectivity index (χ4n) is 4.34. The van der Waals surface area contributed by atoms with Gasteiger partial charge in [-0.3, -0.25) is 14.2 Å². The number of hydrogen-bond acceptors (Lipinski definition) is 5. The number of nitrogens with one attached hydrogen (secondary N) is 1. The maximum atomic E-state index is 13.2. The summed E-state index contributed by atoms with van der Waals surface area (Å²) in [7, 11) is 0. The average Bonchev–Trinajstić information content (AvgIpc) is 3.40.